The lowest BCUT2D eigenvalue weighted by Gasteiger charge is -2.33. The first-order valence-corrected chi connectivity index (χ1v) is 13.8. The van der Waals surface area contributed by atoms with Gasteiger partial charge >= 0.3 is 6.09 Å². The first kappa shape index (κ1) is 30.2. The summed E-state index contributed by atoms with van der Waals surface area (Å²) >= 11 is 1.58. The van der Waals surface area contributed by atoms with Gasteiger partial charge in [-0.3, -0.25) is 9.59 Å². The SMILES string of the molecule is CSCCC(NC(=O)OC(C)(C)C)C(=O)N(C)C(C(=O)Nc1c(C)cccc1C)c1cccc(C)c1C. The molecule has 0 aliphatic heterocycles. The smallest absolute Gasteiger partial charge is 0.408 e. The van der Waals surface area contributed by atoms with Crippen LogP contribution in [0.25, 0.3) is 0 Å². The molecule has 0 fully saturated rings. The van der Waals surface area contributed by atoms with Crippen LogP contribution in [-0.2, 0) is 14.3 Å². The van der Waals surface area contributed by atoms with Crippen molar-refractivity contribution < 1.29 is 19.1 Å². The highest BCUT2D eigenvalue weighted by molar-refractivity contribution is 7.98. The number of thioether (sulfide) groups is 1. The van der Waals surface area contributed by atoms with E-state index in [-0.39, 0.29) is 11.8 Å². The summed E-state index contributed by atoms with van der Waals surface area (Å²) in [5, 5.41) is 5.80. The van der Waals surface area contributed by atoms with Gasteiger partial charge in [-0.25, -0.2) is 4.79 Å². The molecule has 0 aliphatic rings. The Morgan fingerprint density at radius 2 is 1.54 bits per heavy atom. The number of benzene rings is 2. The van der Waals surface area contributed by atoms with E-state index in [0.29, 0.717) is 12.2 Å². The standard InChI is InChI=1S/C29H41N3O4S/c1-18-12-11-15-22(21(18)4)25(26(33)31-24-19(2)13-10-14-20(24)3)32(8)27(34)23(16-17-37-9)30-28(35)36-29(5,6)7/h10-15,23,25H,16-17H2,1-9H3,(H,30,35)(H,31,33). The minimum Gasteiger partial charge on any atom is -0.444 e. The van der Waals surface area contributed by atoms with Gasteiger partial charge in [-0.15, -0.1) is 0 Å². The maximum atomic E-state index is 13.9. The molecule has 0 saturated heterocycles. The van der Waals surface area contributed by atoms with Gasteiger partial charge in [-0.2, -0.15) is 11.8 Å². The molecule has 3 amide bonds. The van der Waals surface area contributed by atoms with Crippen LogP contribution < -0.4 is 10.6 Å². The van der Waals surface area contributed by atoms with Crippen LogP contribution in [0.4, 0.5) is 10.5 Å². The third-order valence-corrected chi connectivity index (χ3v) is 6.90. The molecule has 2 aromatic rings. The molecule has 7 nitrogen and oxygen atoms in total. The lowest BCUT2D eigenvalue weighted by atomic mass is 9.95. The van der Waals surface area contributed by atoms with Crippen LogP contribution in [0, 0.1) is 27.7 Å². The van der Waals surface area contributed by atoms with Gasteiger partial charge in [0.2, 0.25) is 5.91 Å². The van der Waals surface area contributed by atoms with Gasteiger partial charge in [0, 0.05) is 12.7 Å². The number of aryl methyl sites for hydroxylation is 3. The molecule has 0 heterocycles. The monoisotopic (exact) mass is 527 g/mol. The maximum absolute atomic E-state index is 13.9. The van der Waals surface area contributed by atoms with Crippen LogP contribution >= 0.6 is 11.8 Å². The van der Waals surface area contributed by atoms with Crippen molar-refractivity contribution in [1.82, 2.24) is 10.2 Å². The van der Waals surface area contributed by atoms with E-state index in [4.69, 9.17) is 4.74 Å². The summed E-state index contributed by atoms with van der Waals surface area (Å²) in [6, 6.07) is 9.82. The van der Waals surface area contributed by atoms with Gasteiger partial charge in [0.25, 0.3) is 5.91 Å². The topological polar surface area (TPSA) is 87.7 Å². The van der Waals surface area contributed by atoms with E-state index in [1.54, 1.807) is 39.6 Å². The Morgan fingerprint density at radius 1 is 0.973 bits per heavy atom. The van der Waals surface area contributed by atoms with Crippen LogP contribution in [0.1, 0.15) is 61.1 Å². The summed E-state index contributed by atoms with van der Waals surface area (Å²) in [7, 11) is 1.61. The van der Waals surface area contributed by atoms with Gasteiger partial charge in [0.1, 0.15) is 17.7 Å². The molecule has 2 N–H and O–H groups in total. The Labute approximate surface area is 225 Å². The van der Waals surface area contributed by atoms with Gasteiger partial charge in [-0.05, 0) is 94.7 Å². The second-order valence-corrected chi connectivity index (χ2v) is 11.4. The molecule has 8 heteroatoms. The predicted octanol–water partition coefficient (Wildman–Crippen LogP) is 5.70. The number of amides is 3. The van der Waals surface area contributed by atoms with Crippen LogP contribution in [0.5, 0.6) is 0 Å². The second-order valence-electron chi connectivity index (χ2n) is 10.4. The zero-order valence-electron chi connectivity index (χ0n) is 23.5. The van der Waals surface area contributed by atoms with Crippen molar-refractivity contribution >= 4 is 35.4 Å². The highest BCUT2D eigenvalue weighted by Gasteiger charge is 2.35. The number of rotatable bonds is 9. The second kappa shape index (κ2) is 13.0. The predicted molar refractivity (Wildman–Crippen MR) is 152 cm³/mol. The van der Waals surface area contributed by atoms with Crippen molar-refractivity contribution in [2.45, 2.75) is 72.6 Å². The fraction of sp³-hybridized carbons (Fsp3) is 0.483. The third-order valence-electron chi connectivity index (χ3n) is 6.25. The van der Waals surface area contributed by atoms with Crippen molar-refractivity contribution in [1.29, 1.82) is 0 Å². The van der Waals surface area contributed by atoms with E-state index >= 15 is 0 Å². The Balaban J connectivity index is 2.47. The Hall–Kier alpha value is -3.00. The minimum atomic E-state index is -0.899. The molecule has 2 unspecified atom stereocenters. The Morgan fingerprint density at radius 3 is 2.11 bits per heavy atom. The molecule has 202 valence electrons. The van der Waals surface area contributed by atoms with Gasteiger partial charge in [-0.1, -0.05) is 36.4 Å². The Bertz CT molecular complexity index is 1110. The van der Waals surface area contributed by atoms with Gasteiger partial charge in [0.15, 0.2) is 0 Å². The van der Waals surface area contributed by atoms with Crippen molar-refractivity contribution in [2.75, 3.05) is 24.4 Å². The average molecular weight is 528 g/mol. The maximum Gasteiger partial charge on any atom is 0.408 e. The summed E-state index contributed by atoms with van der Waals surface area (Å²) in [6.45, 7) is 13.1. The number of alkyl carbamates (subject to hydrolysis) is 1. The zero-order valence-corrected chi connectivity index (χ0v) is 24.3. The Kier molecular flexibility index (Phi) is 10.6. The highest BCUT2D eigenvalue weighted by atomic mass is 32.2. The number of hydrogen-bond donors (Lipinski definition) is 2. The number of para-hydroxylation sites is 1. The lowest BCUT2D eigenvalue weighted by molar-refractivity contribution is -0.139. The van der Waals surface area contributed by atoms with Crippen LogP contribution in [-0.4, -0.2) is 53.5 Å². The lowest BCUT2D eigenvalue weighted by Crippen LogP contribution is -2.51. The molecule has 0 aromatic heterocycles. The zero-order chi connectivity index (χ0) is 27.9. The third kappa shape index (κ3) is 8.25. The number of nitrogens with zero attached hydrogens (tertiary/aromatic N) is 1. The molecular weight excluding hydrogens is 486 g/mol. The molecule has 0 aliphatic carbocycles. The average Bonchev–Trinajstić information content (AvgIpc) is 2.80. The molecule has 2 aromatic carbocycles. The quantitative estimate of drug-likeness (QED) is 0.436. The number of carbonyl (C=O) groups excluding carboxylic acids is 3. The number of carbonyl (C=O) groups is 3. The molecule has 2 rings (SSSR count). The largest absolute Gasteiger partial charge is 0.444 e. The summed E-state index contributed by atoms with van der Waals surface area (Å²) in [6.07, 6.45) is 1.68. The van der Waals surface area contributed by atoms with Crippen molar-refractivity contribution in [3.8, 4) is 0 Å². The summed E-state index contributed by atoms with van der Waals surface area (Å²) < 4.78 is 5.40. The highest BCUT2D eigenvalue weighted by Crippen LogP contribution is 2.29. The molecule has 0 bridgehead atoms. The normalized spacial score (nSPS) is 12.9. The van der Waals surface area contributed by atoms with E-state index in [0.717, 1.165) is 33.5 Å². The van der Waals surface area contributed by atoms with Gasteiger partial charge < -0.3 is 20.3 Å². The van der Waals surface area contributed by atoms with Crippen molar-refractivity contribution in [3.63, 3.8) is 0 Å². The number of anilines is 1. The van der Waals surface area contributed by atoms with Gasteiger partial charge in [0.05, 0.1) is 0 Å². The fourth-order valence-electron chi connectivity index (χ4n) is 4.11. The molecule has 0 spiro atoms. The summed E-state index contributed by atoms with van der Waals surface area (Å²) in [5.41, 5.74) is 4.60. The van der Waals surface area contributed by atoms with Crippen LogP contribution in [0.15, 0.2) is 36.4 Å². The number of hydrogen-bond acceptors (Lipinski definition) is 5. The molecule has 2 atom stereocenters. The van der Waals surface area contributed by atoms with E-state index in [2.05, 4.69) is 10.6 Å². The number of likely N-dealkylation sites (N-methyl/N-ethyl adjacent to an activating group) is 1. The van der Waals surface area contributed by atoms with Crippen molar-refractivity contribution in [2.24, 2.45) is 0 Å². The molecule has 0 saturated carbocycles. The first-order chi connectivity index (χ1) is 17.3. The van der Waals surface area contributed by atoms with Crippen LogP contribution in [0.3, 0.4) is 0 Å². The van der Waals surface area contributed by atoms with E-state index in [1.165, 1.54) is 4.90 Å². The minimum absolute atomic E-state index is 0.317. The van der Waals surface area contributed by atoms with Crippen molar-refractivity contribution in [3.05, 3.63) is 64.2 Å². The van der Waals surface area contributed by atoms with E-state index in [9.17, 15) is 14.4 Å². The van der Waals surface area contributed by atoms with E-state index < -0.39 is 23.8 Å². The molecule has 37 heavy (non-hydrogen) atoms. The number of ether oxygens (including phenoxy) is 1. The fourth-order valence-corrected chi connectivity index (χ4v) is 4.59. The molecule has 0 radical (unpaired) electrons. The summed E-state index contributed by atoms with van der Waals surface area (Å²) in [5.74, 6) is -0.0201. The molecular formula is C29H41N3O4S. The number of nitrogens with one attached hydrogen (secondary N) is 2. The van der Waals surface area contributed by atoms with Crippen LogP contribution in [0.2, 0.25) is 0 Å². The van der Waals surface area contributed by atoms with E-state index in [1.807, 2.05) is 70.3 Å². The summed E-state index contributed by atoms with van der Waals surface area (Å²) in [4.78, 5) is 41.7. The first-order valence-electron chi connectivity index (χ1n) is 12.4.